The fraction of sp³-hybridized carbons (Fsp3) is 0.344. The number of ketones is 1. The molecule has 1 aliphatic heterocycles. The number of methoxy groups -OCH3 is 1. The Hall–Kier alpha value is -3.72. The molecule has 1 aliphatic carbocycles. The van der Waals surface area contributed by atoms with Gasteiger partial charge in [0.25, 0.3) is 0 Å². The fourth-order valence-electron chi connectivity index (χ4n) is 5.48. The van der Waals surface area contributed by atoms with E-state index < -0.39 is 40.8 Å². The second-order valence-electron chi connectivity index (χ2n) is 10.4. The van der Waals surface area contributed by atoms with Crippen LogP contribution >= 0.6 is 11.8 Å². The summed E-state index contributed by atoms with van der Waals surface area (Å²) in [4.78, 5) is 40.1. The zero-order chi connectivity index (χ0) is 29.3. The minimum atomic E-state index is -1.22. The molecule has 0 aromatic heterocycles. The molecule has 1 heterocycles. The van der Waals surface area contributed by atoms with Crippen molar-refractivity contribution >= 4 is 23.7 Å². The van der Waals surface area contributed by atoms with E-state index in [-0.39, 0.29) is 34.8 Å². The summed E-state index contributed by atoms with van der Waals surface area (Å²) >= 11 is 1.43. The maximum absolute atomic E-state index is 15.1. The van der Waals surface area contributed by atoms with Crippen LogP contribution in [0.2, 0.25) is 0 Å². The van der Waals surface area contributed by atoms with E-state index in [2.05, 4.69) is 4.74 Å². The molecule has 2 atom stereocenters. The average molecular weight is 581 g/mol. The van der Waals surface area contributed by atoms with Crippen molar-refractivity contribution in [2.75, 3.05) is 7.11 Å². The Kier molecular flexibility index (Phi) is 8.18. The highest BCUT2D eigenvalue weighted by Gasteiger charge is 2.49. The molecule has 0 saturated heterocycles. The lowest BCUT2D eigenvalue weighted by atomic mass is 9.81. The molecule has 5 rings (SSSR count). The number of Topliss-reactive ketones (excluding diaryl/α,β-unsaturated/α-hetero) is 1. The predicted octanol–water partition coefficient (Wildman–Crippen LogP) is 7.19. The third-order valence-electron chi connectivity index (χ3n) is 7.97. The molecule has 214 valence electrons. The van der Waals surface area contributed by atoms with E-state index in [1.54, 1.807) is 18.2 Å². The van der Waals surface area contributed by atoms with Gasteiger partial charge in [-0.15, -0.1) is 11.8 Å². The van der Waals surface area contributed by atoms with Gasteiger partial charge in [0.1, 0.15) is 0 Å². The number of hydrogen-bond donors (Lipinski definition) is 0. The number of carbonyl (C=O) groups is 2. The highest BCUT2D eigenvalue weighted by atomic mass is 32.2. The standard InChI is InChI=1S/C32H30F2O6S/c1-4-32(14-15-32)30(36)27-19(8-7-10-25(35)29(27)39-18(2)40-31(37)38-3)16-22-20-12-13-24(33)28(34)23(20)17-41-26-11-6-5-9-21(22)26/h5-13,18,22H,4,14-17H2,1-3H3. The van der Waals surface area contributed by atoms with Crippen molar-refractivity contribution in [3.05, 3.63) is 104 Å². The van der Waals surface area contributed by atoms with E-state index in [0.29, 0.717) is 30.4 Å². The Bertz CT molecular complexity index is 1570. The maximum atomic E-state index is 15.1. The molecule has 3 aromatic rings. The Morgan fingerprint density at radius 3 is 2.51 bits per heavy atom. The molecule has 0 amide bonds. The maximum Gasteiger partial charge on any atom is 0.511 e. The molecule has 1 fully saturated rings. The van der Waals surface area contributed by atoms with Crippen LogP contribution < -0.4 is 10.2 Å². The van der Waals surface area contributed by atoms with Crippen LogP contribution in [-0.4, -0.2) is 25.3 Å². The molecule has 2 unspecified atom stereocenters. The van der Waals surface area contributed by atoms with Crippen LogP contribution in [0.15, 0.2) is 64.3 Å². The molecule has 0 spiro atoms. The van der Waals surface area contributed by atoms with Gasteiger partial charge in [0.15, 0.2) is 23.2 Å². The van der Waals surface area contributed by atoms with Crippen molar-refractivity contribution in [3.63, 3.8) is 0 Å². The van der Waals surface area contributed by atoms with Gasteiger partial charge in [0.05, 0.1) is 12.7 Å². The van der Waals surface area contributed by atoms with Crippen LogP contribution in [0.1, 0.15) is 71.6 Å². The Balaban J connectivity index is 1.70. The highest BCUT2D eigenvalue weighted by Crippen LogP contribution is 2.52. The SMILES string of the molecule is CCC1(C(=O)c2c(CC3c4ccccc4SCc4c3ccc(F)c4F)cccc(=O)c2OC(C)OC(=O)OC)CC1. The first-order chi connectivity index (χ1) is 19.7. The Labute approximate surface area is 241 Å². The summed E-state index contributed by atoms with van der Waals surface area (Å²) in [5.41, 5.74) is 1.29. The van der Waals surface area contributed by atoms with E-state index in [4.69, 9.17) is 9.47 Å². The van der Waals surface area contributed by atoms with Gasteiger partial charge in [-0.1, -0.05) is 43.3 Å². The number of benzene rings is 2. The first-order valence-electron chi connectivity index (χ1n) is 13.5. The fourth-order valence-corrected chi connectivity index (χ4v) is 6.63. The van der Waals surface area contributed by atoms with Crippen LogP contribution in [0.4, 0.5) is 13.6 Å². The van der Waals surface area contributed by atoms with E-state index in [1.807, 2.05) is 31.2 Å². The lowest BCUT2D eigenvalue weighted by Crippen LogP contribution is -2.26. The first-order valence-corrected chi connectivity index (χ1v) is 14.5. The molecule has 6 nitrogen and oxygen atoms in total. The van der Waals surface area contributed by atoms with Crippen molar-refractivity contribution in [3.8, 4) is 5.75 Å². The quantitative estimate of drug-likeness (QED) is 0.159. The molecular weight excluding hydrogens is 550 g/mol. The monoisotopic (exact) mass is 580 g/mol. The van der Waals surface area contributed by atoms with E-state index in [0.717, 1.165) is 23.6 Å². The summed E-state index contributed by atoms with van der Waals surface area (Å²) in [6.45, 7) is 3.36. The minimum absolute atomic E-state index is 0.123. The van der Waals surface area contributed by atoms with Crippen LogP contribution in [0, 0.1) is 17.0 Å². The average Bonchev–Trinajstić information content (AvgIpc) is 3.79. The van der Waals surface area contributed by atoms with E-state index in [1.165, 1.54) is 24.8 Å². The molecule has 2 aliphatic rings. The van der Waals surface area contributed by atoms with Crippen LogP contribution in [0.5, 0.6) is 5.75 Å². The van der Waals surface area contributed by atoms with Crippen LogP contribution in [-0.2, 0) is 21.6 Å². The second-order valence-corrected chi connectivity index (χ2v) is 11.4. The van der Waals surface area contributed by atoms with Crippen LogP contribution in [0.25, 0.3) is 0 Å². The summed E-state index contributed by atoms with van der Waals surface area (Å²) in [6, 6.07) is 15.0. The number of thioether (sulfide) groups is 1. The topological polar surface area (TPSA) is 78.9 Å². The lowest BCUT2D eigenvalue weighted by molar-refractivity contribution is -0.0478. The molecule has 9 heteroatoms. The highest BCUT2D eigenvalue weighted by molar-refractivity contribution is 7.98. The summed E-state index contributed by atoms with van der Waals surface area (Å²) in [5, 5.41) is 0. The predicted molar refractivity (Wildman–Crippen MR) is 150 cm³/mol. The van der Waals surface area contributed by atoms with Crippen molar-refractivity contribution in [2.45, 2.75) is 62.4 Å². The largest absolute Gasteiger partial charge is 0.511 e. The van der Waals surface area contributed by atoms with Gasteiger partial charge in [-0.3, -0.25) is 9.59 Å². The van der Waals surface area contributed by atoms with Gasteiger partial charge in [-0.2, -0.15) is 0 Å². The summed E-state index contributed by atoms with van der Waals surface area (Å²) < 4.78 is 44.9. The normalized spacial score (nSPS) is 17.3. The molecular formula is C32H30F2O6S. The van der Waals surface area contributed by atoms with Crippen molar-refractivity contribution in [1.29, 1.82) is 0 Å². The van der Waals surface area contributed by atoms with Crippen molar-refractivity contribution < 1.29 is 32.6 Å². The summed E-state index contributed by atoms with van der Waals surface area (Å²) in [6.07, 6.45) is -0.0583. The van der Waals surface area contributed by atoms with Gasteiger partial charge in [-0.25, -0.2) is 13.6 Å². The summed E-state index contributed by atoms with van der Waals surface area (Å²) in [7, 11) is 1.15. The Morgan fingerprint density at radius 2 is 1.80 bits per heavy atom. The smallest absolute Gasteiger partial charge is 0.450 e. The third kappa shape index (κ3) is 5.60. The molecule has 0 radical (unpaired) electrons. The third-order valence-corrected chi connectivity index (χ3v) is 9.08. The molecule has 3 aromatic carbocycles. The molecule has 0 bridgehead atoms. The molecule has 41 heavy (non-hydrogen) atoms. The Morgan fingerprint density at radius 1 is 1.05 bits per heavy atom. The number of hydrogen-bond acceptors (Lipinski definition) is 7. The number of carbonyl (C=O) groups excluding carboxylic acids is 2. The lowest BCUT2D eigenvalue weighted by Gasteiger charge is -2.23. The van der Waals surface area contributed by atoms with Crippen LogP contribution in [0.3, 0.4) is 0 Å². The summed E-state index contributed by atoms with van der Waals surface area (Å²) in [5.74, 6) is -2.42. The van der Waals surface area contributed by atoms with Gasteiger partial charge in [-0.05, 0) is 60.6 Å². The number of rotatable bonds is 8. The van der Waals surface area contributed by atoms with Crippen molar-refractivity contribution in [1.82, 2.24) is 0 Å². The van der Waals surface area contributed by atoms with E-state index in [9.17, 15) is 18.8 Å². The zero-order valence-corrected chi connectivity index (χ0v) is 23.8. The molecule has 0 N–H and O–H groups in total. The van der Waals surface area contributed by atoms with Gasteiger partial charge in [0, 0.05) is 34.5 Å². The number of ether oxygens (including phenoxy) is 3. The minimum Gasteiger partial charge on any atom is -0.450 e. The zero-order valence-electron chi connectivity index (χ0n) is 23.0. The number of fused-ring (bicyclic) bond motifs is 2. The van der Waals surface area contributed by atoms with Crippen molar-refractivity contribution in [2.24, 2.45) is 5.41 Å². The van der Waals surface area contributed by atoms with Gasteiger partial charge >= 0.3 is 6.16 Å². The van der Waals surface area contributed by atoms with Gasteiger partial charge in [0.2, 0.25) is 11.7 Å². The van der Waals surface area contributed by atoms with E-state index >= 15 is 4.39 Å². The van der Waals surface area contributed by atoms with Gasteiger partial charge < -0.3 is 14.2 Å². The molecule has 1 saturated carbocycles. The first kappa shape index (κ1) is 28.8. The number of halogens is 2. The second kappa shape index (κ2) is 11.6.